The maximum Gasteiger partial charge on any atom is 0.410 e. The topological polar surface area (TPSA) is 157 Å². The van der Waals surface area contributed by atoms with Gasteiger partial charge < -0.3 is 43.5 Å². The zero-order valence-electron chi connectivity index (χ0n) is 39.3. The summed E-state index contributed by atoms with van der Waals surface area (Å²) in [6.45, 7) is 15.6. The van der Waals surface area contributed by atoms with Gasteiger partial charge in [-0.25, -0.2) is 4.79 Å². The van der Waals surface area contributed by atoms with Gasteiger partial charge in [0.1, 0.15) is 23.9 Å². The monoisotopic (exact) mass is 877 g/mol. The van der Waals surface area contributed by atoms with E-state index in [9.17, 15) is 19.5 Å². The molecule has 1 unspecified atom stereocenters. The van der Waals surface area contributed by atoms with Crippen molar-refractivity contribution in [2.45, 2.75) is 154 Å². The number of amides is 1. The highest BCUT2D eigenvalue weighted by atomic mass is 16.7. The molecule has 4 saturated heterocycles. The second kappa shape index (κ2) is 20.2. The molecule has 1 amide bonds. The fourth-order valence-corrected chi connectivity index (χ4v) is 10.9. The van der Waals surface area contributed by atoms with E-state index in [0.29, 0.717) is 19.4 Å². The van der Waals surface area contributed by atoms with E-state index in [4.69, 9.17) is 23.7 Å². The number of aliphatic hydroxyl groups is 1. The van der Waals surface area contributed by atoms with Crippen molar-refractivity contribution in [3.63, 3.8) is 0 Å². The molecule has 14 atom stereocenters. The van der Waals surface area contributed by atoms with E-state index < -0.39 is 83.4 Å². The molecule has 2 aromatic rings. The number of pyridine rings is 1. The maximum atomic E-state index is 15.1. The van der Waals surface area contributed by atoms with Crippen molar-refractivity contribution in [1.82, 2.24) is 19.7 Å². The number of cyclic esters (lactones) is 1. The van der Waals surface area contributed by atoms with Crippen LogP contribution in [0.3, 0.4) is 0 Å². The number of benzene rings is 1. The Bertz CT molecular complexity index is 1980. The first-order chi connectivity index (χ1) is 29.8. The Hall–Kier alpha value is -3.79. The number of hydrogen-bond donors (Lipinski definition) is 1. The number of aromatic nitrogens is 1. The summed E-state index contributed by atoms with van der Waals surface area (Å²) >= 11 is 0. The van der Waals surface area contributed by atoms with E-state index >= 15 is 4.79 Å². The zero-order valence-corrected chi connectivity index (χ0v) is 39.3. The van der Waals surface area contributed by atoms with Crippen molar-refractivity contribution in [3.05, 3.63) is 48.2 Å². The van der Waals surface area contributed by atoms with Crippen molar-refractivity contribution in [2.75, 3.05) is 40.8 Å². The summed E-state index contributed by atoms with van der Waals surface area (Å²) in [6, 6.07) is 9.09. The number of aliphatic hydroxyl groups excluding tert-OH is 1. The first-order valence-electron chi connectivity index (χ1n) is 23.1. The molecule has 1 aromatic carbocycles. The highest BCUT2D eigenvalue weighted by Gasteiger charge is 2.60. The summed E-state index contributed by atoms with van der Waals surface area (Å²) in [6.07, 6.45) is 4.12. The third kappa shape index (κ3) is 10.4. The Morgan fingerprint density at radius 1 is 1.03 bits per heavy atom. The van der Waals surface area contributed by atoms with Crippen LogP contribution in [0.5, 0.6) is 0 Å². The first kappa shape index (κ1) is 48.7. The molecule has 4 aliphatic rings. The predicted molar refractivity (Wildman–Crippen MR) is 240 cm³/mol. The third-order valence-corrected chi connectivity index (χ3v) is 14.5. The highest BCUT2D eigenvalue weighted by molar-refractivity contribution is 6.00. The quantitative estimate of drug-likeness (QED) is 0.198. The minimum atomic E-state index is -1.39. The number of fused-ring (bicyclic) bond motifs is 2. The lowest BCUT2D eigenvalue weighted by atomic mass is 9.73. The van der Waals surface area contributed by atoms with Crippen molar-refractivity contribution >= 4 is 40.6 Å². The number of ether oxygens (including phenoxy) is 5. The van der Waals surface area contributed by atoms with Crippen molar-refractivity contribution in [2.24, 2.45) is 23.7 Å². The Labute approximate surface area is 374 Å². The largest absolute Gasteiger partial charge is 0.458 e. The molecule has 5 heterocycles. The normalized spacial score (nSPS) is 37.7. The molecule has 63 heavy (non-hydrogen) atoms. The summed E-state index contributed by atoms with van der Waals surface area (Å²) < 4.78 is 32.4. The second-order valence-corrected chi connectivity index (χ2v) is 19.4. The number of esters is 1. The van der Waals surface area contributed by atoms with Gasteiger partial charge >= 0.3 is 12.1 Å². The summed E-state index contributed by atoms with van der Waals surface area (Å²) in [5.74, 6) is -5.05. The van der Waals surface area contributed by atoms with Gasteiger partial charge in [0.05, 0.1) is 36.0 Å². The minimum absolute atomic E-state index is 0.0631. The summed E-state index contributed by atoms with van der Waals surface area (Å²) in [4.78, 5) is 68.4. The average molecular weight is 877 g/mol. The number of rotatable bonds is 11. The van der Waals surface area contributed by atoms with Gasteiger partial charge in [-0.3, -0.25) is 19.4 Å². The molecule has 0 saturated carbocycles. The van der Waals surface area contributed by atoms with Crippen LogP contribution in [0.4, 0.5) is 4.79 Å². The van der Waals surface area contributed by atoms with Gasteiger partial charge in [-0.2, -0.15) is 0 Å². The third-order valence-electron chi connectivity index (χ3n) is 14.5. The van der Waals surface area contributed by atoms with Crippen LogP contribution < -0.4 is 0 Å². The summed E-state index contributed by atoms with van der Waals surface area (Å²) in [5.41, 5.74) is -1.02. The lowest BCUT2D eigenvalue weighted by Gasteiger charge is -2.47. The summed E-state index contributed by atoms with van der Waals surface area (Å²) in [5, 5.41) is 12.7. The van der Waals surface area contributed by atoms with E-state index in [-0.39, 0.29) is 43.4 Å². The number of hydrogen-bond acceptors (Lipinski definition) is 13. The van der Waals surface area contributed by atoms with Crippen molar-refractivity contribution < 1.29 is 48.0 Å². The Morgan fingerprint density at radius 3 is 2.44 bits per heavy atom. The van der Waals surface area contributed by atoms with Crippen LogP contribution in [0, 0.1) is 23.7 Å². The van der Waals surface area contributed by atoms with Gasteiger partial charge in [-0.05, 0) is 112 Å². The standard InChI is InChI=1S/C49H72N4O10/c1-12-39-49(8)43(53(47(58)63-49)23-21-36-19-15-22-52(36)11)31(4)40(54)29(2)27-48(7,59-24-16-17-34-26-35-18-13-14-20-37(35)50-28-34)44(32(5)41(55)33(6)45(57)61-39)62-46-42(56)38(51(9)10)25-30(3)60-46/h13-14,16-18,20,26,28-33,36,38-39,42-44,46,56H,12,15,19,21-25,27H2,1-11H3/b17-16+/t29-,30-,31+,32+,33-,36?,38+,39-,42-,43-,44-,46+,48-,49-/m1/s1. The maximum absolute atomic E-state index is 15.1. The molecule has 14 heteroatoms. The lowest BCUT2D eigenvalue weighted by Crippen LogP contribution is -2.60. The molecule has 0 bridgehead atoms. The number of carbonyl (C=O) groups is 4. The van der Waals surface area contributed by atoms with Gasteiger partial charge in [-0.15, -0.1) is 0 Å². The predicted octanol–water partition coefficient (Wildman–Crippen LogP) is 6.31. The number of para-hydroxylation sites is 1. The van der Waals surface area contributed by atoms with Crippen LogP contribution >= 0.6 is 0 Å². The van der Waals surface area contributed by atoms with Gasteiger partial charge in [0.25, 0.3) is 0 Å². The van der Waals surface area contributed by atoms with Crippen LogP contribution in [0.1, 0.15) is 99.5 Å². The molecule has 0 aliphatic carbocycles. The highest BCUT2D eigenvalue weighted by Crippen LogP contribution is 2.43. The van der Waals surface area contributed by atoms with Crippen molar-refractivity contribution in [3.8, 4) is 0 Å². The van der Waals surface area contributed by atoms with E-state index in [1.165, 1.54) is 6.92 Å². The van der Waals surface area contributed by atoms with E-state index in [1.54, 1.807) is 24.9 Å². The summed E-state index contributed by atoms with van der Waals surface area (Å²) in [7, 11) is 5.85. The van der Waals surface area contributed by atoms with Gasteiger partial charge in [-0.1, -0.05) is 58.0 Å². The number of carbonyl (C=O) groups excluding carboxylic acids is 4. The SMILES string of the molecule is CC[C@H]1OC(=O)[C@H](C)C(=O)[C@H](C)[C@@H](O[C@@H]2O[C@H](C)C[C@H](N(C)C)[C@H]2O)[C@](C)(OC/C=C/c2cnc3ccccc3c2)C[C@@H](C)C(=O)[C@H](C)[C@H]2N(CCC3CCCN3C)C(=O)O[C@]12C. The molecule has 1 aromatic heterocycles. The van der Waals surface area contributed by atoms with Crippen LogP contribution in [-0.2, 0) is 38.1 Å². The minimum Gasteiger partial charge on any atom is -0.458 e. The molecule has 0 spiro atoms. The average Bonchev–Trinajstić information content (AvgIpc) is 3.78. The number of nitrogens with zero attached hydrogens (tertiary/aromatic N) is 4. The molecular formula is C49H72N4O10. The van der Waals surface area contributed by atoms with Crippen molar-refractivity contribution in [1.29, 1.82) is 0 Å². The molecule has 348 valence electrons. The molecule has 4 aliphatic heterocycles. The van der Waals surface area contributed by atoms with Crippen LogP contribution in [0.25, 0.3) is 17.0 Å². The molecule has 6 rings (SSSR count). The van der Waals surface area contributed by atoms with E-state index in [0.717, 1.165) is 35.9 Å². The Balaban J connectivity index is 1.40. The fraction of sp³-hybridized carbons (Fsp3) is 0.694. The lowest BCUT2D eigenvalue weighted by molar-refractivity contribution is -0.296. The Morgan fingerprint density at radius 2 is 1.76 bits per heavy atom. The molecule has 4 fully saturated rings. The molecular weight excluding hydrogens is 805 g/mol. The fourth-order valence-electron chi connectivity index (χ4n) is 10.9. The number of likely N-dealkylation sites (tertiary alicyclic amines) is 1. The van der Waals surface area contributed by atoms with E-state index in [2.05, 4.69) is 16.9 Å². The number of likely N-dealkylation sites (N-methyl/N-ethyl adjacent to an activating group) is 1. The number of ketones is 2. The number of Topliss-reactive ketones (excluding diaryl/α,β-unsaturated/α-hetero) is 2. The molecule has 0 radical (unpaired) electrons. The van der Waals surface area contributed by atoms with Gasteiger partial charge in [0.2, 0.25) is 0 Å². The second-order valence-electron chi connectivity index (χ2n) is 19.4. The smallest absolute Gasteiger partial charge is 0.410 e. The van der Waals surface area contributed by atoms with Crippen LogP contribution in [0.15, 0.2) is 42.6 Å². The first-order valence-corrected chi connectivity index (χ1v) is 23.1. The van der Waals surface area contributed by atoms with Crippen LogP contribution in [-0.4, -0.2) is 149 Å². The van der Waals surface area contributed by atoms with Gasteiger partial charge in [0, 0.05) is 48.0 Å². The molecule has 1 N–H and O–H groups in total. The Kier molecular flexibility index (Phi) is 15.6. The molecule has 14 nitrogen and oxygen atoms in total. The van der Waals surface area contributed by atoms with E-state index in [1.807, 2.05) is 96.1 Å². The van der Waals surface area contributed by atoms with Gasteiger partial charge in [0.15, 0.2) is 17.7 Å². The van der Waals surface area contributed by atoms with Crippen LogP contribution in [0.2, 0.25) is 0 Å². The zero-order chi connectivity index (χ0) is 46.0.